The first kappa shape index (κ1) is 16.9. The summed E-state index contributed by atoms with van der Waals surface area (Å²) in [6.45, 7) is 5.11. The van der Waals surface area contributed by atoms with Crippen LogP contribution in [-0.4, -0.2) is 37.6 Å². The van der Waals surface area contributed by atoms with E-state index < -0.39 is 0 Å². The van der Waals surface area contributed by atoms with Gasteiger partial charge in [0.05, 0.1) is 25.2 Å². The first-order valence-corrected chi connectivity index (χ1v) is 8.94. The Balaban J connectivity index is 1.40. The molecule has 6 nitrogen and oxygen atoms in total. The second kappa shape index (κ2) is 8.21. The zero-order valence-corrected chi connectivity index (χ0v) is 14.7. The number of nitrogens with zero attached hydrogens (tertiary/aromatic N) is 5. The van der Waals surface area contributed by atoms with Crippen LogP contribution in [0.25, 0.3) is 0 Å². The molecule has 0 spiro atoms. The van der Waals surface area contributed by atoms with Crippen molar-refractivity contribution in [1.29, 1.82) is 0 Å². The largest absolute Gasteiger partial charge is 0.376 e. The minimum absolute atomic E-state index is 0.425. The van der Waals surface area contributed by atoms with Crippen molar-refractivity contribution in [3.63, 3.8) is 0 Å². The summed E-state index contributed by atoms with van der Waals surface area (Å²) in [6, 6.07) is 8.15. The fourth-order valence-electron chi connectivity index (χ4n) is 3.43. The molecule has 0 saturated carbocycles. The number of hydrogen-bond donors (Lipinski definition) is 0. The van der Waals surface area contributed by atoms with Crippen LogP contribution in [-0.2, 0) is 31.0 Å². The van der Waals surface area contributed by atoms with Crippen LogP contribution < -0.4 is 0 Å². The van der Waals surface area contributed by atoms with Gasteiger partial charge in [0.25, 0.3) is 0 Å². The molecular formula is C20H23N5O. The summed E-state index contributed by atoms with van der Waals surface area (Å²) >= 11 is 0. The van der Waals surface area contributed by atoms with Crippen molar-refractivity contribution in [3.05, 3.63) is 78.4 Å². The molecular weight excluding hydrogens is 326 g/mol. The van der Waals surface area contributed by atoms with Crippen LogP contribution in [0.3, 0.4) is 0 Å². The van der Waals surface area contributed by atoms with E-state index in [-0.39, 0.29) is 0 Å². The van der Waals surface area contributed by atoms with Crippen molar-refractivity contribution in [2.24, 2.45) is 5.92 Å². The molecule has 3 aromatic heterocycles. The molecule has 4 rings (SSSR count). The maximum Gasteiger partial charge on any atom is 0.0948 e. The molecule has 1 aliphatic heterocycles. The van der Waals surface area contributed by atoms with E-state index in [9.17, 15) is 0 Å². The monoisotopic (exact) mass is 349 g/mol. The normalized spacial score (nSPS) is 17.6. The zero-order valence-electron chi connectivity index (χ0n) is 14.7. The summed E-state index contributed by atoms with van der Waals surface area (Å²) in [5.41, 5.74) is 3.70. The number of rotatable bonds is 6. The Kier molecular flexibility index (Phi) is 5.33. The molecule has 0 fully saturated rings. The molecule has 3 aromatic rings. The predicted octanol–water partition coefficient (Wildman–Crippen LogP) is 2.52. The second-order valence-corrected chi connectivity index (χ2v) is 6.80. The van der Waals surface area contributed by atoms with Gasteiger partial charge in [-0.05, 0) is 35.4 Å². The highest BCUT2D eigenvalue weighted by Crippen LogP contribution is 2.19. The topological polar surface area (TPSA) is 56.1 Å². The third-order valence-electron chi connectivity index (χ3n) is 4.68. The van der Waals surface area contributed by atoms with Crippen LogP contribution in [0.5, 0.6) is 0 Å². The maximum absolute atomic E-state index is 6.01. The van der Waals surface area contributed by atoms with Crippen LogP contribution in [0.15, 0.2) is 61.6 Å². The molecule has 0 amide bonds. The molecule has 0 saturated heterocycles. The average Bonchev–Trinajstić information content (AvgIpc) is 3.03. The fourth-order valence-corrected chi connectivity index (χ4v) is 3.43. The number of ether oxygens (including phenoxy) is 1. The highest BCUT2D eigenvalue weighted by molar-refractivity contribution is 5.11. The van der Waals surface area contributed by atoms with E-state index in [0.29, 0.717) is 12.5 Å². The van der Waals surface area contributed by atoms with Crippen molar-refractivity contribution in [2.75, 3.05) is 13.2 Å². The summed E-state index contributed by atoms with van der Waals surface area (Å²) in [5, 5.41) is 0. The molecule has 0 aliphatic carbocycles. The van der Waals surface area contributed by atoms with Gasteiger partial charge in [0.2, 0.25) is 0 Å². The van der Waals surface area contributed by atoms with Crippen molar-refractivity contribution in [1.82, 2.24) is 24.4 Å². The van der Waals surface area contributed by atoms with E-state index in [4.69, 9.17) is 4.74 Å². The Labute approximate surface area is 153 Å². The molecule has 0 unspecified atom stereocenters. The predicted molar refractivity (Wildman–Crippen MR) is 98.0 cm³/mol. The number of aromatic nitrogens is 4. The van der Waals surface area contributed by atoms with Gasteiger partial charge in [-0.1, -0.05) is 0 Å². The first-order valence-electron chi connectivity index (χ1n) is 8.94. The van der Waals surface area contributed by atoms with E-state index in [1.807, 2.05) is 37.1 Å². The highest BCUT2D eigenvalue weighted by atomic mass is 16.5. The summed E-state index contributed by atoms with van der Waals surface area (Å²) in [7, 11) is 0. The third-order valence-corrected chi connectivity index (χ3v) is 4.68. The summed E-state index contributed by atoms with van der Waals surface area (Å²) < 4.78 is 8.26. The van der Waals surface area contributed by atoms with Crippen molar-refractivity contribution >= 4 is 0 Å². The van der Waals surface area contributed by atoms with Gasteiger partial charge in [0.1, 0.15) is 0 Å². The van der Waals surface area contributed by atoms with Crippen molar-refractivity contribution in [2.45, 2.75) is 26.2 Å². The van der Waals surface area contributed by atoms with Crippen LogP contribution in [0.2, 0.25) is 0 Å². The summed E-state index contributed by atoms with van der Waals surface area (Å²) in [4.78, 5) is 15.0. The Hall–Kier alpha value is -2.57. The molecule has 0 N–H and O–H groups in total. The van der Waals surface area contributed by atoms with Gasteiger partial charge in [-0.3, -0.25) is 14.9 Å². The summed E-state index contributed by atoms with van der Waals surface area (Å²) in [6.07, 6.45) is 11.2. The Morgan fingerprint density at radius 3 is 2.42 bits per heavy atom. The zero-order chi connectivity index (χ0) is 17.6. The Morgan fingerprint density at radius 1 is 0.923 bits per heavy atom. The van der Waals surface area contributed by atoms with Crippen molar-refractivity contribution in [3.8, 4) is 0 Å². The number of imidazole rings is 1. The minimum atomic E-state index is 0.425. The van der Waals surface area contributed by atoms with Crippen molar-refractivity contribution < 1.29 is 4.74 Å². The van der Waals surface area contributed by atoms with Gasteiger partial charge in [-0.2, -0.15) is 0 Å². The van der Waals surface area contributed by atoms with Crippen LogP contribution in [0.1, 0.15) is 16.8 Å². The third kappa shape index (κ3) is 4.33. The SMILES string of the molecule is c1cc(COC[C@H]2CN(Cc3ccncc3)Cc3cncn3C2)ccn1. The van der Waals surface area contributed by atoms with E-state index in [2.05, 4.69) is 36.6 Å². The van der Waals surface area contributed by atoms with Crippen LogP contribution in [0.4, 0.5) is 0 Å². The molecule has 4 heterocycles. The second-order valence-electron chi connectivity index (χ2n) is 6.80. The van der Waals surface area contributed by atoms with Crippen LogP contribution >= 0.6 is 0 Å². The number of fused-ring (bicyclic) bond motifs is 1. The molecule has 1 aliphatic rings. The van der Waals surface area contributed by atoms with Gasteiger partial charge >= 0.3 is 0 Å². The molecule has 0 radical (unpaired) electrons. The molecule has 6 heteroatoms. The van der Waals surface area contributed by atoms with Gasteiger partial charge < -0.3 is 9.30 Å². The van der Waals surface area contributed by atoms with E-state index in [1.54, 1.807) is 12.4 Å². The number of pyridine rings is 2. The standard InChI is InChI=1S/C20H23N5O/c1-5-21-6-2-17(1)10-24-11-19(12-25-16-23-9-20(25)13-24)15-26-14-18-3-7-22-8-4-18/h1-9,16,19H,10-15H2/t19-/m0/s1. The maximum atomic E-state index is 6.01. The molecule has 0 bridgehead atoms. The lowest BCUT2D eigenvalue weighted by molar-refractivity contribution is 0.0665. The quantitative estimate of drug-likeness (QED) is 0.684. The van der Waals surface area contributed by atoms with Gasteiger partial charge in [-0.25, -0.2) is 4.98 Å². The van der Waals surface area contributed by atoms with Gasteiger partial charge in [0.15, 0.2) is 0 Å². The highest BCUT2D eigenvalue weighted by Gasteiger charge is 2.22. The first-order chi connectivity index (χ1) is 12.9. The lowest BCUT2D eigenvalue weighted by Gasteiger charge is -2.24. The summed E-state index contributed by atoms with van der Waals surface area (Å²) in [5.74, 6) is 0.425. The Bertz CT molecular complexity index is 805. The molecule has 0 aromatic carbocycles. The molecule has 134 valence electrons. The van der Waals surface area contributed by atoms with Gasteiger partial charge in [-0.15, -0.1) is 0 Å². The minimum Gasteiger partial charge on any atom is -0.376 e. The lowest BCUT2D eigenvalue weighted by atomic mass is 10.1. The van der Waals surface area contributed by atoms with Gasteiger partial charge in [0, 0.05) is 63.1 Å². The fraction of sp³-hybridized carbons (Fsp3) is 0.350. The van der Waals surface area contributed by atoms with E-state index in [1.165, 1.54) is 11.3 Å². The van der Waals surface area contributed by atoms with E-state index in [0.717, 1.165) is 38.3 Å². The van der Waals surface area contributed by atoms with Crippen LogP contribution in [0, 0.1) is 5.92 Å². The Morgan fingerprint density at radius 2 is 1.65 bits per heavy atom. The number of hydrogen-bond acceptors (Lipinski definition) is 5. The average molecular weight is 349 g/mol. The smallest absolute Gasteiger partial charge is 0.0948 e. The lowest BCUT2D eigenvalue weighted by Crippen LogP contribution is -2.30. The molecule has 26 heavy (non-hydrogen) atoms. The van der Waals surface area contributed by atoms with E-state index >= 15 is 0 Å². The molecule has 1 atom stereocenters.